The predicted molar refractivity (Wildman–Crippen MR) is 76.0 cm³/mol. The van der Waals surface area contributed by atoms with E-state index in [1.165, 1.54) is 5.56 Å². The van der Waals surface area contributed by atoms with Gasteiger partial charge in [0.15, 0.2) is 0 Å². The SMILES string of the molecule is NCCCC(=O)N(Cc1cccc(Br)c1)C1CC1. The number of carbonyl (C=O) groups excluding carboxylic acids is 1. The highest BCUT2D eigenvalue weighted by Crippen LogP contribution is 2.29. The molecule has 0 bridgehead atoms. The Morgan fingerprint density at radius 3 is 2.83 bits per heavy atom. The van der Waals surface area contributed by atoms with E-state index >= 15 is 0 Å². The normalized spacial score (nSPS) is 14.6. The molecule has 1 aromatic rings. The molecule has 0 atom stereocenters. The number of amides is 1. The van der Waals surface area contributed by atoms with Gasteiger partial charge in [-0.05, 0) is 43.5 Å². The third kappa shape index (κ3) is 3.82. The average Bonchev–Trinajstić information content (AvgIpc) is 3.17. The lowest BCUT2D eigenvalue weighted by molar-refractivity contribution is -0.132. The van der Waals surface area contributed by atoms with Crippen molar-refractivity contribution in [1.29, 1.82) is 0 Å². The molecule has 0 heterocycles. The Kier molecular flexibility index (Phi) is 4.78. The van der Waals surface area contributed by atoms with Gasteiger partial charge in [-0.15, -0.1) is 0 Å². The minimum atomic E-state index is 0.239. The van der Waals surface area contributed by atoms with Gasteiger partial charge in [0.25, 0.3) is 0 Å². The van der Waals surface area contributed by atoms with Crippen LogP contribution in [0, 0.1) is 0 Å². The first-order valence-corrected chi connectivity index (χ1v) is 7.24. The summed E-state index contributed by atoms with van der Waals surface area (Å²) < 4.78 is 1.06. The smallest absolute Gasteiger partial charge is 0.223 e. The van der Waals surface area contributed by atoms with Gasteiger partial charge in [0.1, 0.15) is 0 Å². The van der Waals surface area contributed by atoms with Crippen LogP contribution in [0.1, 0.15) is 31.2 Å². The van der Waals surface area contributed by atoms with E-state index in [-0.39, 0.29) is 5.91 Å². The van der Waals surface area contributed by atoms with Crippen LogP contribution in [0.2, 0.25) is 0 Å². The van der Waals surface area contributed by atoms with E-state index in [0.29, 0.717) is 25.6 Å². The van der Waals surface area contributed by atoms with Crippen molar-refractivity contribution >= 4 is 21.8 Å². The molecule has 1 saturated carbocycles. The van der Waals surface area contributed by atoms with Crippen LogP contribution in [0.5, 0.6) is 0 Å². The maximum absolute atomic E-state index is 12.1. The maximum atomic E-state index is 12.1. The first-order chi connectivity index (χ1) is 8.70. The molecule has 0 aromatic heterocycles. The molecule has 0 radical (unpaired) electrons. The molecule has 2 rings (SSSR count). The lowest BCUT2D eigenvalue weighted by Crippen LogP contribution is -2.32. The second-order valence-corrected chi connectivity index (χ2v) is 5.69. The Morgan fingerprint density at radius 2 is 2.22 bits per heavy atom. The molecule has 3 nitrogen and oxygen atoms in total. The first-order valence-electron chi connectivity index (χ1n) is 6.44. The van der Waals surface area contributed by atoms with Gasteiger partial charge in [0.2, 0.25) is 5.91 Å². The van der Waals surface area contributed by atoms with Gasteiger partial charge in [-0.3, -0.25) is 4.79 Å². The number of hydrogen-bond acceptors (Lipinski definition) is 2. The van der Waals surface area contributed by atoms with Gasteiger partial charge in [-0.25, -0.2) is 0 Å². The molecule has 2 N–H and O–H groups in total. The van der Waals surface area contributed by atoms with E-state index in [9.17, 15) is 4.79 Å². The third-order valence-corrected chi connectivity index (χ3v) is 3.64. The fourth-order valence-corrected chi connectivity index (χ4v) is 2.48. The van der Waals surface area contributed by atoms with Crippen LogP contribution in [-0.2, 0) is 11.3 Å². The molecular formula is C14H19BrN2O. The predicted octanol–water partition coefficient (Wildman–Crippen LogP) is 2.68. The van der Waals surface area contributed by atoms with E-state index in [2.05, 4.69) is 28.1 Å². The number of rotatable bonds is 6. The number of benzene rings is 1. The second-order valence-electron chi connectivity index (χ2n) is 4.77. The number of nitrogens with two attached hydrogens (primary N) is 1. The van der Waals surface area contributed by atoms with Crippen molar-refractivity contribution in [2.24, 2.45) is 5.73 Å². The van der Waals surface area contributed by atoms with Crippen LogP contribution >= 0.6 is 15.9 Å². The number of hydrogen-bond donors (Lipinski definition) is 1. The standard InChI is InChI=1S/C14H19BrN2O/c15-12-4-1-3-11(9-12)10-17(13-6-7-13)14(18)5-2-8-16/h1,3-4,9,13H,2,5-8,10,16H2. The van der Waals surface area contributed by atoms with Crippen molar-refractivity contribution in [2.45, 2.75) is 38.3 Å². The minimum absolute atomic E-state index is 0.239. The average molecular weight is 311 g/mol. The van der Waals surface area contributed by atoms with Gasteiger partial charge >= 0.3 is 0 Å². The molecule has 18 heavy (non-hydrogen) atoms. The summed E-state index contributed by atoms with van der Waals surface area (Å²) >= 11 is 3.46. The minimum Gasteiger partial charge on any atom is -0.335 e. The summed E-state index contributed by atoms with van der Waals surface area (Å²) in [5, 5.41) is 0. The van der Waals surface area contributed by atoms with E-state index in [0.717, 1.165) is 23.7 Å². The van der Waals surface area contributed by atoms with E-state index in [4.69, 9.17) is 5.73 Å². The zero-order valence-corrected chi connectivity index (χ0v) is 12.0. The van der Waals surface area contributed by atoms with Gasteiger partial charge < -0.3 is 10.6 Å². The third-order valence-electron chi connectivity index (χ3n) is 3.14. The van der Waals surface area contributed by atoms with E-state index < -0.39 is 0 Å². The molecular weight excluding hydrogens is 292 g/mol. The Labute approximate surface area is 116 Å². The summed E-state index contributed by atoms with van der Waals surface area (Å²) in [5.74, 6) is 0.239. The Morgan fingerprint density at radius 1 is 1.44 bits per heavy atom. The molecule has 1 aromatic carbocycles. The van der Waals surface area contributed by atoms with Gasteiger partial charge in [-0.2, -0.15) is 0 Å². The molecule has 1 aliphatic carbocycles. The fraction of sp³-hybridized carbons (Fsp3) is 0.500. The molecule has 98 valence electrons. The van der Waals surface area contributed by atoms with Crippen LogP contribution in [0.15, 0.2) is 28.7 Å². The van der Waals surface area contributed by atoms with E-state index in [1.54, 1.807) is 0 Å². The van der Waals surface area contributed by atoms with Crippen molar-refractivity contribution in [1.82, 2.24) is 4.90 Å². The number of halogens is 1. The van der Waals surface area contributed by atoms with Crippen LogP contribution in [0.3, 0.4) is 0 Å². The lowest BCUT2D eigenvalue weighted by Gasteiger charge is -2.22. The molecule has 0 unspecified atom stereocenters. The van der Waals surface area contributed by atoms with E-state index in [1.807, 2.05) is 17.0 Å². The van der Waals surface area contributed by atoms with Crippen LogP contribution in [0.25, 0.3) is 0 Å². The zero-order chi connectivity index (χ0) is 13.0. The maximum Gasteiger partial charge on any atom is 0.223 e. The largest absolute Gasteiger partial charge is 0.335 e. The molecule has 4 heteroatoms. The topological polar surface area (TPSA) is 46.3 Å². The second kappa shape index (κ2) is 6.34. The summed E-state index contributed by atoms with van der Waals surface area (Å²) in [6, 6.07) is 8.60. The molecule has 1 amide bonds. The van der Waals surface area contributed by atoms with Crippen molar-refractivity contribution in [3.63, 3.8) is 0 Å². The summed E-state index contributed by atoms with van der Waals surface area (Å²) in [6.45, 7) is 1.30. The summed E-state index contributed by atoms with van der Waals surface area (Å²) in [7, 11) is 0. The zero-order valence-electron chi connectivity index (χ0n) is 10.4. The Balaban J connectivity index is 2.00. The van der Waals surface area contributed by atoms with Crippen molar-refractivity contribution < 1.29 is 4.79 Å². The highest BCUT2D eigenvalue weighted by atomic mass is 79.9. The summed E-state index contributed by atoms with van der Waals surface area (Å²) in [6.07, 6.45) is 3.63. The fourth-order valence-electron chi connectivity index (χ4n) is 2.04. The van der Waals surface area contributed by atoms with Gasteiger partial charge in [0.05, 0.1) is 0 Å². The molecule has 0 saturated heterocycles. The first kappa shape index (κ1) is 13.6. The highest BCUT2D eigenvalue weighted by molar-refractivity contribution is 9.10. The summed E-state index contributed by atoms with van der Waals surface area (Å²) in [4.78, 5) is 14.1. The monoisotopic (exact) mass is 310 g/mol. The number of carbonyl (C=O) groups is 1. The van der Waals surface area contributed by atoms with Crippen LogP contribution < -0.4 is 5.73 Å². The Hall–Kier alpha value is -0.870. The molecule has 0 spiro atoms. The molecule has 1 fully saturated rings. The van der Waals surface area contributed by atoms with Crippen LogP contribution in [-0.4, -0.2) is 23.4 Å². The van der Waals surface area contributed by atoms with Gasteiger partial charge in [0, 0.05) is 23.5 Å². The molecule has 0 aliphatic heterocycles. The van der Waals surface area contributed by atoms with Crippen molar-refractivity contribution in [3.8, 4) is 0 Å². The highest BCUT2D eigenvalue weighted by Gasteiger charge is 2.31. The quantitative estimate of drug-likeness (QED) is 0.878. The van der Waals surface area contributed by atoms with Crippen molar-refractivity contribution in [2.75, 3.05) is 6.54 Å². The Bertz CT molecular complexity index is 418. The van der Waals surface area contributed by atoms with Crippen molar-refractivity contribution in [3.05, 3.63) is 34.3 Å². The van der Waals surface area contributed by atoms with Gasteiger partial charge in [-0.1, -0.05) is 28.1 Å². The number of nitrogens with zero attached hydrogens (tertiary/aromatic N) is 1. The summed E-state index contributed by atoms with van der Waals surface area (Å²) in [5.41, 5.74) is 6.64. The lowest BCUT2D eigenvalue weighted by atomic mass is 10.2. The molecule has 1 aliphatic rings. The van der Waals surface area contributed by atoms with Crippen LogP contribution in [0.4, 0.5) is 0 Å².